The first-order valence-corrected chi connectivity index (χ1v) is 6.11. The van der Waals surface area contributed by atoms with Gasteiger partial charge in [-0.15, -0.1) is 0 Å². The largest absolute Gasteiger partial charge is 0.508 e. The predicted molar refractivity (Wildman–Crippen MR) is 73.9 cm³/mol. The molecule has 0 heterocycles. The summed E-state index contributed by atoms with van der Waals surface area (Å²) < 4.78 is 28.5. The fourth-order valence-electron chi connectivity index (χ4n) is 1.80. The van der Waals surface area contributed by atoms with Crippen molar-refractivity contribution in [1.82, 2.24) is 0 Å². The van der Waals surface area contributed by atoms with E-state index in [0.29, 0.717) is 11.3 Å². The number of phenolic OH excluding ortho intramolecular Hbond substituents is 1. The number of rotatable bonds is 4. The number of ether oxygens (including phenoxy) is 1. The van der Waals surface area contributed by atoms with Crippen LogP contribution in [0.3, 0.4) is 0 Å². The summed E-state index contributed by atoms with van der Waals surface area (Å²) in [6.45, 7) is -1.21. The molecule has 0 spiro atoms. The Morgan fingerprint density at radius 1 is 1.24 bits per heavy atom. The van der Waals surface area contributed by atoms with Gasteiger partial charge < -0.3 is 15.2 Å². The highest BCUT2D eigenvalue weighted by Crippen LogP contribution is 2.22. The molecular formula is C15H13F2NO3. The normalized spacial score (nSPS) is 10.5. The van der Waals surface area contributed by atoms with Crippen LogP contribution in [0.25, 0.3) is 0 Å². The monoisotopic (exact) mass is 293 g/mol. The van der Waals surface area contributed by atoms with Crippen molar-refractivity contribution in [2.75, 3.05) is 5.32 Å². The van der Waals surface area contributed by atoms with Gasteiger partial charge in [-0.3, -0.25) is 4.79 Å². The number of nitrogens with one attached hydrogen (secondary N) is 1. The molecule has 0 bridgehead atoms. The zero-order chi connectivity index (χ0) is 15.4. The van der Waals surface area contributed by atoms with Crippen molar-refractivity contribution in [2.45, 2.75) is 13.5 Å². The van der Waals surface area contributed by atoms with Gasteiger partial charge in [-0.25, -0.2) is 0 Å². The van der Waals surface area contributed by atoms with Gasteiger partial charge in [0, 0.05) is 11.3 Å². The lowest BCUT2D eigenvalue weighted by molar-refractivity contribution is -0.0498. The molecule has 0 unspecified atom stereocenters. The van der Waals surface area contributed by atoms with Crippen LogP contribution in [-0.4, -0.2) is 17.6 Å². The smallest absolute Gasteiger partial charge is 0.387 e. The molecule has 0 atom stereocenters. The topological polar surface area (TPSA) is 58.6 Å². The lowest BCUT2D eigenvalue weighted by Gasteiger charge is -2.10. The number of hydrogen-bond donors (Lipinski definition) is 2. The zero-order valence-corrected chi connectivity index (χ0v) is 11.1. The summed E-state index contributed by atoms with van der Waals surface area (Å²) in [4.78, 5) is 12.1. The first-order chi connectivity index (χ1) is 9.95. The lowest BCUT2D eigenvalue weighted by Crippen LogP contribution is -2.13. The highest BCUT2D eigenvalue weighted by Gasteiger charge is 2.11. The second kappa shape index (κ2) is 6.21. The van der Waals surface area contributed by atoms with Crippen LogP contribution in [0.4, 0.5) is 14.5 Å². The molecule has 0 aliphatic heterocycles. The van der Waals surface area contributed by atoms with E-state index in [4.69, 9.17) is 0 Å². The van der Waals surface area contributed by atoms with Crippen molar-refractivity contribution in [1.29, 1.82) is 0 Å². The van der Waals surface area contributed by atoms with Gasteiger partial charge in [0.15, 0.2) is 0 Å². The molecule has 0 aliphatic carbocycles. The van der Waals surface area contributed by atoms with Gasteiger partial charge in [0.1, 0.15) is 11.5 Å². The van der Waals surface area contributed by atoms with E-state index in [9.17, 15) is 18.7 Å². The van der Waals surface area contributed by atoms with Crippen LogP contribution in [0.1, 0.15) is 15.9 Å². The van der Waals surface area contributed by atoms with Gasteiger partial charge in [-0.2, -0.15) is 8.78 Å². The number of amides is 1. The van der Waals surface area contributed by atoms with Crippen LogP contribution in [0.15, 0.2) is 42.5 Å². The average Bonchev–Trinajstić information content (AvgIpc) is 2.41. The van der Waals surface area contributed by atoms with E-state index in [1.54, 1.807) is 13.0 Å². The third-order valence-corrected chi connectivity index (χ3v) is 2.78. The molecule has 0 saturated heterocycles. The Labute approximate surface area is 120 Å². The van der Waals surface area contributed by atoms with E-state index < -0.39 is 12.5 Å². The minimum atomic E-state index is -2.94. The molecule has 2 aromatic rings. The van der Waals surface area contributed by atoms with E-state index in [2.05, 4.69) is 10.1 Å². The van der Waals surface area contributed by atoms with Gasteiger partial charge in [0.2, 0.25) is 0 Å². The Morgan fingerprint density at radius 2 is 2.00 bits per heavy atom. The predicted octanol–water partition coefficient (Wildman–Crippen LogP) is 3.55. The number of aryl methyl sites for hydroxylation is 1. The third kappa shape index (κ3) is 3.92. The van der Waals surface area contributed by atoms with E-state index in [-0.39, 0.29) is 17.1 Å². The van der Waals surface area contributed by atoms with Crippen LogP contribution in [0.2, 0.25) is 0 Å². The summed E-state index contributed by atoms with van der Waals surface area (Å²) >= 11 is 0. The van der Waals surface area contributed by atoms with Crippen molar-refractivity contribution in [3.63, 3.8) is 0 Å². The molecule has 2 rings (SSSR count). The van der Waals surface area contributed by atoms with Crippen molar-refractivity contribution < 1.29 is 23.4 Å². The Hall–Kier alpha value is -2.63. The second-order valence-corrected chi connectivity index (χ2v) is 4.36. The third-order valence-electron chi connectivity index (χ3n) is 2.78. The molecule has 1 amide bonds. The van der Waals surface area contributed by atoms with Crippen LogP contribution in [0, 0.1) is 6.92 Å². The van der Waals surface area contributed by atoms with Crippen LogP contribution in [0.5, 0.6) is 11.5 Å². The maximum atomic E-state index is 12.1. The van der Waals surface area contributed by atoms with E-state index in [1.165, 1.54) is 36.4 Å². The quantitative estimate of drug-likeness (QED) is 0.847. The average molecular weight is 293 g/mol. The highest BCUT2D eigenvalue weighted by molar-refractivity contribution is 6.04. The van der Waals surface area contributed by atoms with Gasteiger partial charge in [0.25, 0.3) is 5.91 Å². The van der Waals surface area contributed by atoms with E-state index >= 15 is 0 Å². The number of phenols is 1. The van der Waals surface area contributed by atoms with Crippen molar-refractivity contribution in [2.24, 2.45) is 0 Å². The highest BCUT2D eigenvalue weighted by atomic mass is 19.3. The number of halogens is 2. The van der Waals surface area contributed by atoms with Crippen LogP contribution in [-0.2, 0) is 0 Å². The number of carbonyl (C=O) groups is 1. The lowest BCUT2D eigenvalue weighted by atomic mass is 10.1. The van der Waals surface area contributed by atoms with E-state index in [1.807, 2.05) is 0 Å². The number of alkyl halides is 2. The number of anilines is 1. The Kier molecular flexibility index (Phi) is 4.37. The van der Waals surface area contributed by atoms with Gasteiger partial charge in [0.05, 0.1) is 0 Å². The molecule has 6 heteroatoms. The summed E-state index contributed by atoms with van der Waals surface area (Å²) in [5.41, 5.74) is 1.40. The maximum absolute atomic E-state index is 12.1. The van der Waals surface area contributed by atoms with Crippen molar-refractivity contribution >= 4 is 11.6 Å². The minimum absolute atomic E-state index is 0.0833. The fraction of sp³-hybridized carbons (Fsp3) is 0.133. The number of aromatic hydroxyl groups is 1. The maximum Gasteiger partial charge on any atom is 0.387 e. The second-order valence-electron chi connectivity index (χ2n) is 4.36. The Morgan fingerprint density at radius 3 is 2.67 bits per heavy atom. The molecule has 0 fully saturated rings. The first-order valence-electron chi connectivity index (χ1n) is 6.11. The number of carbonyl (C=O) groups excluding carboxylic acids is 1. The summed E-state index contributed by atoms with van der Waals surface area (Å²) in [6.07, 6.45) is 0. The number of benzene rings is 2. The van der Waals surface area contributed by atoms with E-state index in [0.717, 1.165) is 0 Å². The fourth-order valence-corrected chi connectivity index (χ4v) is 1.80. The van der Waals surface area contributed by atoms with Crippen molar-refractivity contribution in [3.8, 4) is 11.5 Å². The molecule has 2 N–H and O–H groups in total. The first kappa shape index (κ1) is 14.8. The Bertz CT molecular complexity index is 659. The molecule has 0 aliphatic rings. The van der Waals surface area contributed by atoms with Crippen LogP contribution >= 0.6 is 0 Å². The molecular weight excluding hydrogens is 280 g/mol. The minimum Gasteiger partial charge on any atom is -0.508 e. The molecule has 2 aromatic carbocycles. The summed E-state index contributed by atoms with van der Waals surface area (Å²) in [5.74, 6) is -0.443. The standard InChI is InChI=1S/C15H13F2NO3/c1-9-7-11(19)5-6-13(9)18-14(20)10-3-2-4-12(8-10)21-15(16)17/h2-8,15,19H,1H3,(H,18,20). The molecule has 0 saturated carbocycles. The molecule has 0 aromatic heterocycles. The summed E-state index contributed by atoms with van der Waals surface area (Å²) in [6, 6.07) is 10.0. The molecule has 110 valence electrons. The van der Waals surface area contributed by atoms with Crippen LogP contribution < -0.4 is 10.1 Å². The number of hydrogen-bond acceptors (Lipinski definition) is 3. The zero-order valence-electron chi connectivity index (χ0n) is 11.1. The summed E-state index contributed by atoms with van der Waals surface area (Å²) in [5, 5.41) is 11.9. The van der Waals surface area contributed by atoms with Gasteiger partial charge in [-0.1, -0.05) is 6.07 Å². The Balaban J connectivity index is 2.16. The van der Waals surface area contributed by atoms with Crippen molar-refractivity contribution in [3.05, 3.63) is 53.6 Å². The SMILES string of the molecule is Cc1cc(O)ccc1NC(=O)c1cccc(OC(F)F)c1. The van der Waals surface area contributed by atoms with Gasteiger partial charge in [-0.05, 0) is 48.9 Å². The van der Waals surface area contributed by atoms with Gasteiger partial charge >= 0.3 is 6.61 Å². The molecule has 4 nitrogen and oxygen atoms in total. The molecule has 0 radical (unpaired) electrons. The summed E-state index contributed by atoms with van der Waals surface area (Å²) in [7, 11) is 0. The molecule has 21 heavy (non-hydrogen) atoms.